The number of hydrogen-bond donors (Lipinski definition) is 1. The fourth-order valence-electron chi connectivity index (χ4n) is 3.54. The van der Waals surface area contributed by atoms with Gasteiger partial charge in [0.25, 0.3) is 5.91 Å². The second-order valence-corrected chi connectivity index (χ2v) is 6.76. The highest BCUT2D eigenvalue weighted by Crippen LogP contribution is 2.18. The number of carbonyl (C=O) groups is 1. The number of aromatic nitrogens is 2. The summed E-state index contributed by atoms with van der Waals surface area (Å²) in [6.07, 6.45) is 7.29. The minimum atomic E-state index is -0.0746. The molecule has 1 amide bonds. The molecule has 1 N–H and O–H groups in total. The zero-order chi connectivity index (χ0) is 17.8. The molecule has 5 nitrogen and oxygen atoms in total. The lowest BCUT2D eigenvalue weighted by atomic mass is 10.0. The van der Waals surface area contributed by atoms with Crippen molar-refractivity contribution in [2.75, 3.05) is 13.1 Å². The first-order valence-electron chi connectivity index (χ1n) is 9.05. The number of carbonyl (C=O) groups excluding carboxylic acids is 1. The van der Waals surface area contributed by atoms with E-state index >= 15 is 0 Å². The van der Waals surface area contributed by atoms with Crippen molar-refractivity contribution < 1.29 is 4.79 Å². The number of nitrogens with one attached hydrogen (secondary N) is 1. The SMILES string of the molecule is O=C(NC1CCN(Cc2ccncc2)CC1)c1nccc2ccccc12. The van der Waals surface area contributed by atoms with Crippen molar-refractivity contribution in [2.45, 2.75) is 25.4 Å². The van der Waals surface area contributed by atoms with E-state index in [1.165, 1.54) is 5.56 Å². The molecule has 1 fully saturated rings. The zero-order valence-electron chi connectivity index (χ0n) is 14.6. The van der Waals surface area contributed by atoms with Crippen LogP contribution >= 0.6 is 0 Å². The topological polar surface area (TPSA) is 58.1 Å². The smallest absolute Gasteiger partial charge is 0.270 e. The summed E-state index contributed by atoms with van der Waals surface area (Å²) >= 11 is 0. The van der Waals surface area contributed by atoms with Gasteiger partial charge in [-0.05, 0) is 42.0 Å². The zero-order valence-corrected chi connectivity index (χ0v) is 14.6. The monoisotopic (exact) mass is 346 g/mol. The molecule has 3 heterocycles. The van der Waals surface area contributed by atoms with E-state index in [4.69, 9.17) is 0 Å². The number of piperidine rings is 1. The summed E-state index contributed by atoms with van der Waals surface area (Å²) in [5.74, 6) is -0.0746. The molecule has 0 unspecified atom stereocenters. The van der Waals surface area contributed by atoms with Crippen LogP contribution in [0.5, 0.6) is 0 Å². The van der Waals surface area contributed by atoms with Gasteiger partial charge in [0.15, 0.2) is 0 Å². The number of pyridine rings is 2. The molecule has 0 aliphatic carbocycles. The first kappa shape index (κ1) is 16.7. The Labute approximate surface area is 153 Å². The lowest BCUT2D eigenvalue weighted by Crippen LogP contribution is -2.44. The van der Waals surface area contributed by atoms with Crippen molar-refractivity contribution in [2.24, 2.45) is 0 Å². The van der Waals surface area contributed by atoms with Crippen LogP contribution in [0.2, 0.25) is 0 Å². The largest absolute Gasteiger partial charge is 0.348 e. The summed E-state index contributed by atoms with van der Waals surface area (Å²) in [4.78, 5) is 23.5. The van der Waals surface area contributed by atoms with E-state index in [1.54, 1.807) is 6.20 Å². The van der Waals surface area contributed by atoms with Gasteiger partial charge in [-0.2, -0.15) is 0 Å². The molecule has 1 aliphatic heterocycles. The predicted octanol–water partition coefficient (Wildman–Crippen LogP) is 3.02. The van der Waals surface area contributed by atoms with Gasteiger partial charge in [0.2, 0.25) is 0 Å². The summed E-state index contributed by atoms with van der Waals surface area (Å²) < 4.78 is 0. The van der Waals surface area contributed by atoms with Crippen molar-refractivity contribution in [1.29, 1.82) is 0 Å². The van der Waals surface area contributed by atoms with Crippen LogP contribution in [0.1, 0.15) is 28.9 Å². The van der Waals surface area contributed by atoms with Crippen LogP contribution in [0.3, 0.4) is 0 Å². The van der Waals surface area contributed by atoms with Crippen LogP contribution in [0.25, 0.3) is 10.8 Å². The normalized spacial score (nSPS) is 15.8. The molecule has 132 valence electrons. The molecule has 1 aromatic carbocycles. The highest BCUT2D eigenvalue weighted by Gasteiger charge is 2.22. The quantitative estimate of drug-likeness (QED) is 0.789. The fraction of sp³-hybridized carbons (Fsp3) is 0.286. The number of fused-ring (bicyclic) bond motifs is 1. The van der Waals surface area contributed by atoms with Gasteiger partial charge in [0.1, 0.15) is 5.69 Å². The van der Waals surface area contributed by atoms with Gasteiger partial charge in [-0.15, -0.1) is 0 Å². The lowest BCUT2D eigenvalue weighted by molar-refractivity contribution is 0.0906. The minimum absolute atomic E-state index is 0.0746. The molecule has 4 rings (SSSR count). The van der Waals surface area contributed by atoms with Gasteiger partial charge < -0.3 is 5.32 Å². The Bertz CT molecular complexity index is 883. The van der Waals surface area contributed by atoms with Gasteiger partial charge in [0.05, 0.1) is 0 Å². The molecule has 2 aromatic heterocycles. The molecular formula is C21H22N4O. The van der Waals surface area contributed by atoms with E-state index in [-0.39, 0.29) is 11.9 Å². The Kier molecular flexibility index (Phi) is 4.88. The number of likely N-dealkylation sites (tertiary alicyclic amines) is 1. The maximum absolute atomic E-state index is 12.7. The number of rotatable bonds is 4. The summed E-state index contributed by atoms with van der Waals surface area (Å²) in [5.41, 5.74) is 1.80. The number of amides is 1. The average Bonchev–Trinajstić information content (AvgIpc) is 2.70. The Balaban J connectivity index is 1.36. The van der Waals surface area contributed by atoms with Crippen molar-refractivity contribution in [1.82, 2.24) is 20.2 Å². The van der Waals surface area contributed by atoms with E-state index < -0.39 is 0 Å². The molecular weight excluding hydrogens is 324 g/mol. The van der Waals surface area contributed by atoms with Crippen LogP contribution in [-0.4, -0.2) is 39.9 Å². The first-order valence-corrected chi connectivity index (χ1v) is 9.05. The van der Waals surface area contributed by atoms with Crippen LogP contribution < -0.4 is 5.32 Å². The predicted molar refractivity (Wildman–Crippen MR) is 102 cm³/mol. The Hall–Kier alpha value is -2.79. The van der Waals surface area contributed by atoms with Crippen molar-refractivity contribution in [3.63, 3.8) is 0 Å². The summed E-state index contributed by atoms with van der Waals surface area (Å²) in [6.45, 7) is 2.90. The van der Waals surface area contributed by atoms with E-state index in [0.29, 0.717) is 5.69 Å². The Morgan fingerprint density at radius 2 is 1.81 bits per heavy atom. The fourth-order valence-corrected chi connectivity index (χ4v) is 3.54. The molecule has 5 heteroatoms. The van der Waals surface area contributed by atoms with E-state index in [9.17, 15) is 4.79 Å². The Morgan fingerprint density at radius 3 is 2.62 bits per heavy atom. The van der Waals surface area contributed by atoms with Gasteiger partial charge in [-0.25, -0.2) is 0 Å². The summed E-state index contributed by atoms with van der Waals surface area (Å²) in [5, 5.41) is 5.12. The Morgan fingerprint density at radius 1 is 1.04 bits per heavy atom. The van der Waals surface area contributed by atoms with Crippen LogP contribution in [-0.2, 0) is 6.54 Å². The van der Waals surface area contributed by atoms with Crippen molar-refractivity contribution in [3.8, 4) is 0 Å². The van der Waals surface area contributed by atoms with Gasteiger partial charge in [-0.1, -0.05) is 24.3 Å². The third-order valence-corrected chi connectivity index (χ3v) is 4.97. The highest BCUT2D eigenvalue weighted by molar-refractivity contribution is 6.05. The van der Waals surface area contributed by atoms with Crippen LogP contribution in [0.15, 0.2) is 61.1 Å². The average molecular weight is 346 g/mol. The van der Waals surface area contributed by atoms with Gasteiger partial charge >= 0.3 is 0 Å². The van der Waals surface area contributed by atoms with E-state index in [0.717, 1.165) is 43.2 Å². The van der Waals surface area contributed by atoms with E-state index in [2.05, 4.69) is 32.3 Å². The molecule has 0 bridgehead atoms. The molecule has 0 atom stereocenters. The molecule has 26 heavy (non-hydrogen) atoms. The lowest BCUT2D eigenvalue weighted by Gasteiger charge is -2.32. The molecule has 3 aromatic rings. The standard InChI is InChI=1S/C21H22N4O/c26-21(20-19-4-2-1-3-17(19)7-12-23-20)24-18-8-13-25(14-9-18)15-16-5-10-22-11-6-16/h1-7,10-12,18H,8-9,13-15H2,(H,24,26). The van der Waals surface area contributed by atoms with Crippen molar-refractivity contribution in [3.05, 3.63) is 72.3 Å². The minimum Gasteiger partial charge on any atom is -0.348 e. The maximum Gasteiger partial charge on any atom is 0.270 e. The highest BCUT2D eigenvalue weighted by atomic mass is 16.1. The number of hydrogen-bond acceptors (Lipinski definition) is 4. The van der Waals surface area contributed by atoms with Crippen molar-refractivity contribution >= 4 is 16.7 Å². The first-order chi connectivity index (χ1) is 12.8. The third kappa shape index (κ3) is 3.73. The molecule has 1 saturated heterocycles. The number of nitrogens with zero attached hydrogens (tertiary/aromatic N) is 3. The summed E-state index contributed by atoms with van der Waals surface area (Å²) in [6, 6.07) is 14.1. The molecule has 0 saturated carbocycles. The van der Waals surface area contributed by atoms with Crippen LogP contribution in [0.4, 0.5) is 0 Å². The molecule has 1 aliphatic rings. The second-order valence-electron chi connectivity index (χ2n) is 6.76. The van der Waals surface area contributed by atoms with E-state index in [1.807, 2.05) is 42.7 Å². The molecule has 0 radical (unpaired) electrons. The summed E-state index contributed by atoms with van der Waals surface area (Å²) in [7, 11) is 0. The number of benzene rings is 1. The maximum atomic E-state index is 12.7. The third-order valence-electron chi connectivity index (χ3n) is 4.97. The molecule has 0 spiro atoms. The van der Waals surface area contributed by atoms with Crippen LogP contribution in [0, 0.1) is 0 Å². The van der Waals surface area contributed by atoms with Gasteiger partial charge in [-0.3, -0.25) is 19.7 Å². The van der Waals surface area contributed by atoms with Gasteiger partial charge in [0, 0.05) is 49.7 Å². The second kappa shape index (κ2) is 7.62.